The molecule has 4 heterocycles. The van der Waals surface area contributed by atoms with Crippen molar-refractivity contribution < 1.29 is 13.9 Å². The fourth-order valence-corrected chi connectivity index (χ4v) is 4.33. The number of amides is 1. The number of piperazine rings is 1. The fraction of sp³-hybridized carbons (Fsp3) is 0.417. The number of ether oxygens (including phenoxy) is 1. The molecular formula is C24H28FN7O2. The van der Waals surface area contributed by atoms with Gasteiger partial charge in [0, 0.05) is 63.6 Å². The summed E-state index contributed by atoms with van der Waals surface area (Å²) < 4.78 is 20.3. The van der Waals surface area contributed by atoms with Gasteiger partial charge in [-0.1, -0.05) is 0 Å². The second kappa shape index (κ2) is 9.38. The first-order chi connectivity index (χ1) is 16.5. The molecule has 10 heteroatoms. The molecule has 0 unspecified atom stereocenters. The predicted molar refractivity (Wildman–Crippen MR) is 127 cm³/mol. The molecule has 2 aliphatic rings. The van der Waals surface area contributed by atoms with Gasteiger partial charge in [-0.05, 0) is 37.3 Å². The number of halogens is 1. The van der Waals surface area contributed by atoms with Gasteiger partial charge in [0.1, 0.15) is 17.3 Å². The molecule has 1 amide bonds. The Kier molecular flexibility index (Phi) is 6.14. The van der Waals surface area contributed by atoms with E-state index < -0.39 is 0 Å². The number of hydrogen-bond acceptors (Lipinski definition) is 7. The standard InChI is InChI=1S/C24H28FN7O2/c1-17-15-22(27-24(26-17)32-11-13-34-14-12-32)30-7-9-31(10-8-30)23(33)21-16-20(28-29(21)2)18-3-5-19(25)6-4-18/h3-6,15-16H,7-14H2,1-2H3. The number of morpholine rings is 1. The maximum Gasteiger partial charge on any atom is 0.272 e. The van der Waals surface area contributed by atoms with E-state index in [0.29, 0.717) is 50.8 Å². The van der Waals surface area contributed by atoms with E-state index in [1.807, 2.05) is 17.9 Å². The Labute approximate surface area is 197 Å². The summed E-state index contributed by atoms with van der Waals surface area (Å²) in [6, 6.07) is 9.88. The van der Waals surface area contributed by atoms with Crippen LogP contribution in [-0.4, -0.2) is 83.0 Å². The Morgan fingerprint density at radius 3 is 2.35 bits per heavy atom. The van der Waals surface area contributed by atoms with E-state index in [-0.39, 0.29) is 11.7 Å². The molecule has 2 aliphatic heterocycles. The molecule has 0 saturated carbocycles. The van der Waals surface area contributed by atoms with Gasteiger partial charge < -0.3 is 19.4 Å². The van der Waals surface area contributed by atoms with Crippen molar-refractivity contribution in [1.82, 2.24) is 24.6 Å². The van der Waals surface area contributed by atoms with E-state index in [1.165, 1.54) is 12.1 Å². The Bertz CT molecular complexity index is 1170. The monoisotopic (exact) mass is 465 g/mol. The van der Waals surface area contributed by atoms with Crippen LogP contribution in [0, 0.1) is 12.7 Å². The van der Waals surface area contributed by atoms with Crippen molar-refractivity contribution in [3.63, 3.8) is 0 Å². The molecule has 1 aromatic carbocycles. The maximum absolute atomic E-state index is 13.2. The highest BCUT2D eigenvalue weighted by molar-refractivity contribution is 5.94. The molecule has 0 atom stereocenters. The molecule has 0 bridgehead atoms. The summed E-state index contributed by atoms with van der Waals surface area (Å²) in [6.07, 6.45) is 0. The quantitative estimate of drug-likeness (QED) is 0.584. The van der Waals surface area contributed by atoms with E-state index >= 15 is 0 Å². The van der Waals surface area contributed by atoms with Crippen LogP contribution in [0.3, 0.4) is 0 Å². The van der Waals surface area contributed by atoms with Crippen LogP contribution in [0.4, 0.5) is 16.2 Å². The lowest BCUT2D eigenvalue weighted by Gasteiger charge is -2.36. The lowest BCUT2D eigenvalue weighted by atomic mass is 10.1. The summed E-state index contributed by atoms with van der Waals surface area (Å²) in [7, 11) is 1.76. The molecule has 2 saturated heterocycles. The van der Waals surface area contributed by atoms with Gasteiger partial charge in [0.25, 0.3) is 5.91 Å². The topological polar surface area (TPSA) is 79.6 Å². The number of aromatic nitrogens is 4. The van der Waals surface area contributed by atoms with E-state index in [2.05, 4.69) is 19.9 Å². The second-order valence-electron chi connectivity index (χ2n) is 8.59. The van der Waals surface area contributed by atoms with Crippen molar-refractivity contribution >= 4 is 17.7 Å². The van der Waals surface area contributed by atoms with Crippen LogP contribution in [-0.2, 0) is 11.8 Å². The van der Waals surface area contributed by atoms with Crippen molar-refractivity contribution in [2.24, 2.45) is 7.05 Å². The lowest BCUT2D eigenvalue weighted by molar-refractivity contribution is 0.0735. The van der Waals surface area contributed by atoms with Gasteiger partial charge in [-0.15, -0.1) is 0 Å². The van der Waals surface area contributed by atoms with Crippen LogP contribution in [0.1, 0.15) is 16.2 Å². The first-order valence-electron chi connectivity index (χ1n) is 11.5. The molecule has 178 valence electrons. The third-order valence-corrected chi connectivity index (χ3v) is 6.25. The van der Waals surface area contributed by atoms with Crippen LogP contribution in [0.5, 0.6) is 0 Å². The molecule has 0 aliphatic carbocycles. The number of carbonyl (C=O) groups is 1. The zero-order chi connectivity index (χ0) is 23.7. The number of aryl methyl sites for hydroxylation is 2. The van der Waals surface area contributed by atoms with Crippen LogP contribution < -0.4 is 9.80 Å². The van der Waals surface area contributed by atoms with E-state index in [0.717, 1.165) is 36.1 Å². The number of benzene rings is 1. The molecule has 2 fully saturated rings. The summed E-state index contributed by atoms with van der Waals surface area (Å²) in [4.78, 5) is 28.8. The summed E-state index contributed by atoms with van der Waals surface area (Å²) in [5.41, 5.74) is 2.86. The van der Waals surface area contributed by atoms with E-state index in [4.69, 9.17) is 9.72 Å². The molecule has 5 rings (SSSR count). The number of rotatable bonds is 4. The number of carbonyl (C=O) groups excluding carboxylic acids is 1. The Hall–Kier alpha value is -3.53. The molecule has 2 aromatic heterocycles. The van der Waals surface area contributed by atoms with Gasteiger partial charge in [-0.2, -0.15) is 10.1 Å². The Morgan fingerprint density at radius 1 is 0.941 bits per heavy atom. The molecule has 0 spiro atoms. The third-order valence-electron chi connectivity index (χ3n) is 6.25. The second-order valence-corrected chi connectivity index (χ2v) is 8.59. The zero-order valence-corrected chi connectivity index (χ0v) is 19.4. The molecular weight excluding hydrogens is 437 g/mol. The molecule has 34 heavy (non-hydrogen) atoms. The first kappa shape index (κ1) is 22.3. The van der Waals surface area contributed by atoms with Gasteiger partial charge >= 0.3 is 0 Å². The maximum atomic E-state index is 13.2. The molecule has 0 N–H and O–H groups in total. The van der Waals surface area contributed by atoms with Crippen molar-refractivity contribution in [3.8, 4) is 11.3 Å². The minimum absolute atomic E-state index is 0.0594. The minimum atomic E-state index is -0.301. The SMILES string of the molecule is Cc1cc(N2CCN(C(=O)c3cc(-c4ccc(F)cc4)nn3C)CC2)nc(N2CCOCC2)n1. The van der Waals surface area contributed by atoms with Crippen LogP contribution >= 0.6 is 0 Å². The largest absolute Gasteiger partial charge is 0.378 e. The molecule has 0 radical (unpaired) electrons. The number of nitrogens with zero attached hydrogens (tertiary/aromatic N) is 7. The van der Waals surface area contributed by atoms with Crippen molar-refractivity contribution in [2.45, 2.75) is 6.92 Å². The van der Waals surface area contributed by atoms with Gasteiger partial charge in [-0.3, -0.25) is 9.48 Å². The highest BCUT2D eigenvalue weighted by atomic mass is 19.1. The van der Waals surface area contributed by atoms with Gasteiger partial charge in [-0.25, -0.2) is 9.37 Å². The van der Waals surface area contributed by atoms with Crippen LogP contribution in [0.25, 0.3) is 11.3 Å². The number of hydrogen-bond donors (Lipinski definition) is 0. The summed E-state index contributed by atoms with van der Waals surface area (Å²) >= 11 is 0. The summed E-state index contributed by atoms with van der Waals surface area (Å²) in [5, 5.41) is 4.46. The fourth-order valence-electron chi connectivity index (χ4n) is 4.33. The summed E-state index contributed by atoms with van der Waals surface area (Å²) in [6.45, 7) is 7.48. The third kappa shape index (κ3) is 4.58. The highest BCUT2D eigenvalue weighted by Crippen LogP contribution is 2.22. The van der Waals surface area contributed by atoms with Crippen LogP contribution in [0.15, 0.2) is 36.4 Å². The van der Waals surface area contributed by atoms with Crippen molar-refractivity contribution in [3.05, 3.63) is 53.6 Å². The summed E-state index contributed by atoms with van der Waals surface area (Å²) in [5.74, 6) is 1.26. The Morgan fingerprint density at radius 2 is 1.65 bits per heavy atom. The zero-order valence-electron chi connectivity index (χ0n) is 19.4. The number of anilines is 2. The normalized spacial score (nSPS) is 16.7. The first-order valence-corrected chi connectivity index (χ1v) is 11.5. The van der Waals surface area contributed by atoms with Crippen LogP contribution in [0.2, 0.25) is 0 Å². The average molecular weight is 466 g/mol. The lowest BCUT2D eigenvalue weighted by Crippen LogP contribution is -2.49. The van der Waals surface area contributed by atoms with Crippen molar-refractivity contribution in [2.75, 3.05) is 62.3 Å². The highest BCUT2D eigenvalue weighted by Gasteiger charge is 2.26. The van der Waals surface area contributed by atoms with E-state index in [9.17, 15) is 9.18 Å². The van der Waals surface area contributed by atoms with Gasteiger partial charge in [0.15, 0.2) is 0 Å². The average Bonchev–Trinajstić information content (AvgIpc) is 3.25. The Balaban J connectivity index is 1.26. The predicted octanol–water partition coefficient (Wildman–Crippen LogP) is 2.12. The molecule has 3 aromatic rings. The van der Waals surface area contributed by atoms with Gasteiger partial charge in [0.2, 0.25) is 5.95 Å². The molecule has 9 nitrogen and oxygen atoms in total. The van der Waals surface area contributed by atoms with E-state index in [1.54, 1.807) is 29.9 Å². The van der Waals surface area contributed by atoms with Gasteiger partial charge in [0.05, 0.1) is 18.9 Å². The minimum Gasteiger partial charge on any atom is -0.378 e. The van der Waals surface area contributed by atoms with Crippen molar-refractivity contribution in [1.29, 1.82) is 0 Å². The smallest absolute Gasteiger partial charge is 0.272 e.